The van der Waals surface area contributed by atoms with Crippen LogP contribution in [-0.4, -0.2) is 27.4 Å². The van der Waals surface area contributed by atoms with E-state index in [0.29, 0.717) is 12.0 Å². The molecule has 0 amide bonds. The number of rotatable bonds is 10. The van der Waals surface area contributed by atoms with E-state index in [1.165, 1.54) is 77.3 Å². The third kappa shape index (κ3) is 7.35. The first-order valence-electron chi connectivity index (χ1n) is 13.8. The molecule has 36 heavy (non-hydrogen) atoms. The van der Waals surface area contributed by atoms with Crippen LogP contribution in [0.2, 0.25) is 0 Å². The van der Waals surface area contributed by atoms with Crippen LogP contribution in [-0.2, 0) is 12.0 Å². The van der Waals surface area contributed by atoms with Gasteiger partial charge in [-0.25, -0.2) is 0 Å². The van der Waals surface area contributed by atoms with Gasteiger partial charge in [0.2, 0.25) is 0 Å². The molecular weight excluding hydrogens is 482 g/mol. The Labute approximate surface area is 228 Å². The molecule has 2 aromatic rings. The van der Waals surface area contributed by atoms with Crippen LogP contribution >= 0.6 is 23.9 Å². The molecule has 0 aliphatic heterocycles. The molecule has 0 spiro atoms. The largest absolute Gasteiger partial charge is 0.389 e. The summed E-state index contributed by atoms with van der Waals surface area (Å²) >= 11 is 3.44. The van der Waals surface area contributed by atoms with Gasteiger partial charge in [-0.05, 0) is 132 Å². The van der Waals surface area contributed by atoms with Gasteiger partial charge in [0.1, 0.15) is 0 Å². The van der Waals surface area contributed by atoms with Crippen molar-refractivity contribution in [2.24, 2.45) is 5.92 Å². The molecule has 2 fully saturated rings. The minimum Gasteiger partial charge on any atom is -0.389 e. The first-order valence-corrected chi connectivity index (χ1v) is 15.4. The standard InChI is InChI=1S/C30H47N3OS2/c1-21-27(35-31-20-29(5,6)34)18-25(33(21)19-22-11-9-8-10-12-22)23-13-14-26(36-32-28(2,3)4)24(17-23)30(7)15-16-30/h13-14,17-18,22,31-32,34H,8-12,15-16,19-20H2,1-7H3. The van der Waals surface area contributed by atoms with Crippen LogP contribution in [0, 0.1) is 12.8 Å². The maximum absolute atomic E-state index is 10.2. The molecule has 2 aliphatic carbocycles. The van der Waals surface area contributed by atoms with Crippen LogP contribution in [0.3, 0.4) is 0 Å². The van der Waals surface area contributed by atoms with E-state index in [1.54, 1.807) is 23.9 Å². The second kappa shape index (κ2) is 11.1. The van der Waals surface area contributed by atoms with Gasteiger partial charge in [-0.1, -0.05) is 32.3 Å². The predicted molar refractivity (Wildman–Crippen MR) is 157 cm³/mol. The van der Waals surface area contributed by atoms with E-state index in [4.69, 9.17) is 0 Å². The summed E-state index contributed by atoms with van der Waals surface area (Å²) in [7, 11) is 0. The number of aliphatic hydroxyl groups is 1. The summed E-state index contributed by atoms with van der Waals surface area (Å²) in [6, 6.07) is 9.51. The molecule has 0 bridgehead atoms. The van der Waals surface area contributed by atoms with E-state index in [2.05, 4.69) is 72.9 Å². The third-order valence-corrected chi connectivity index (χ3v) is 9.78. The van der Waals surface area contributed by atoms with E-state index in [9.17, 15) is 5.11 Å². The van der Waals surface area contributed by atoms with Crippen LogP contribution in [0.15, 0.2) is 34.1 Å². The molecule has 2 saturated carbocycles. The van der Waals surface area contributed by atoms with E-state index in [1.807, 2.05) is 13.8 Å². The Balaban J connectivity index is 1.68. The fourth-order valence-corrected chi connectivity index (χ4v) is 7.01. The Bertz CT molecular complexity index is 1040. The zero-order valence-electron chi connectivity index (χ0n) is 23.5. The second-order valence-electron chi connectivity index (χ2n) is 13.1. The lowest BCUT2D eigenvalue weighted by Gasteiger charge is -2.25. The summed E-state index contributed by atoms with van der Waals surface area (Å²) in [5, 5.41) is 10.2. The maximum Gasteiger partial charge on any atom is 0.0725 e. The highest BCUT2D eigenvalue weighted by molar-refractivity contribution is 7.97. The molecule has 2 aliphatic rings. The van der Waals surface area contributed by atoms with Crippen molar-refractivity contribution in [2.45, 2.75) is 126 Å². The van der Waals surface area contributed by atoms with Crippen molar-refractivity contribution in [3.63, 3.8) is 0 Å². The van der Waals surface area contributed by atoms with Crippen molar-refractivity contribution in [2.75, 3.05) is 6.54 Å². The minimum absolute atomic E-state index is 0.0686. The summed E-state index contributed by atoms with van der Waals surface area (Å²) in [4.78, 5) is 2.62. The zero-order valence-corrected chi connectivity index (χ0v) is 25.1. The normalized spacial score (nSPS) is 18.6. The average Bonchev–Trinajstić information content (AvgIpc) is 3.48. The number of nitrogens with zero attached hydrogens (tertiary/aromatic N) is 1. The Morgan fingerprint density at radius 1 is 1.00 bits per heavy atom. The van der Waals surface area contributed by atoms with Crippen LogP contribution < -0.4 is 9.44 Å². The summed E-state index contributed by atoms with van der Waals surface area (Å²) in [6.45, 7) is 16.7. The zero-order chi connectivity index (χ0) is 26.1. The Morgan fingerprint density at radius 2 is 1.69 bits per heavy atom. The van der Waals surface area contributed by atoms with Gasteiger partial charge in [0, 0.05) is 39.8 Å². The summed E-state index contributed by atoms with van der Waals surface area (Å²) in [5.74, 6) is 0.761. The van der Waals surface area contributed by atoms with Crippen molar-refractivity contribution in [1.82, 2.24) is 14.0 Å². The summed E-state index contributed by atoms with van der Waals surface area (Å²) in [5.41, 5.74) is 5.11. The fraction of sp³-hybridized carbons (Fsp3) is 0.667. The number of nitrogens with one attached hydrogen (secondary N) is 2. The van der Waals surface area contributed by atoms with Gasteiger partial charge in [-0.15, -0.1) is 0 Å². The summed E-state index contributed by atoms with van der Waals surface area (Å²) in [6.07, 6.45) is 9.34. The van der Waals surface area contributed by atoms with E-state index >= 15 is 0 Å². The van der Waals surface area contributed by atoms with Crippen LogP contribution in [0.25, 0.3) is 11.3 Å². The van der Waals surface area contributed by atoms with Crippen molar-refractivity contribution < 1.29 is 5.11 Å². The fourth-order valence-electron chi connectivity index (χ4n) is 5.03. The highest BCUT2D eigenvalue weighted by atomic mass is 32.2. The molecule has 1 aromatic carbocycles. The lowest BCUT2D eigenvalue weighted by Crippen LogP contribution is -2.31. The van der Waals surface area contributed by atoms with Gasteiger partial charge in [0.05, 0.1) is 5.60 Å². The highest BCUT2D eigenvalue weighted by Crippen LogP contribution is 2.51. The molecule has 4 nitrogen and oxygen atoms in total. The maximum atomic E-state index is 10.2. The topological polar surface area (TPSA) is 49.2 Å². The van der Waals surface area contributed by atoms with Crippen molar-refractivity contribution >= 4 is 23.9 Å². The first kappa shape index (κ1) is 28.1. The van der Waals surface area contributed by atoms with Gasteiger partial charge in [-0.2, -0.15) is 0 Å². The van der Waals surface area contributed by atoms with Crippen LogP contribution in [0.4, 0.5) is 0 Å². The Morgan fingerprint density at radius 3 is 2.31 bits per heavy atom. The number of hydrogen-bond acceptors (Lipinski definition) is 5. The van der Waals surface area contributed by atoms with E-state index in [-0.39, 0.29) is 5.54 Å². The minimum atomic E-state index is -0.725. The predicted octanol–water partition coefficient (Wildman–Crippen LogP) is 7.86. The lowest BCUT2D eigenvalue weighted by molar-refractivity contribution is 0.0865. The second-order valence-corrected chi connectivity index (χ2v) is 14.8. The number of aromatic nitrogens is 1. The van der Waals surface area contributed by atoms with Crippen molar-refractivity contribution in [3.05, 3.63) is 35.5 Å². The molecule has 6 heteroatoms. The van der Waals surface area contributed by atoms with Crippen molar-refractivity contribution in [1.29, 1.82) is 0 Å². The Kier molecular flexibility index (Phi) is 8.63. The molecule has 0 atom stereocenters. The van der Waals surface area contributed by atoms with Crippen LogP contribution in [0.5, 0.6) is 0 Å². The van der Waals surface area contributed by atoms with Gasteiger partial charge >= 0.3 is 0 Å². The summed E-state index contributed by atoms with van der Waals surface area (Å²) < 4.78 is 9.62. The number of benzene rings is 1. The number of hydrogen-bond donors (Lipinski definition) is 3. The molecular formula is C30H47N3OS2. The SMILES string of the molecule is Cc1c(SNCC(C)(C)O)cc(-c2ccc(SNC(C)(C)C)c(C3(C)CC3)c2)n1CC1CCCCC1. The molecule has 4 rings (SSSR count). The molecule has 0 radical (unpaired) electrons. The molecule has 0 saturated heterocycles. The highest BCUT2D eigenvalue weighted by Gasteiger charge is 2.41. The molecule has 200 valence electrons. The monoisotopic (exact) mass is 529 g/mol. The van der Waals surface area contributed by atoms with E-state index in [0.717, 1.165) is 12.5 Å². The lowest BCUT2D eigenvalue weighted by atomic mass is 9.89. The van der Waals surface area contributed by atoms with Gasteiger partial charge in [0.25, 0.3) is 0 Å². The smallest absolute Gasteiger partial charge is 0.0725 e. The molecule has 3 N–H and O–H groups in total. The third-order valence-electron chi connectivity index (χ3n) is 7.57. The Hall–Kier alpha value is -0.920. The molecule has 1 heterocycles. The quantitative estimate of drug-likeness (QED) is 0.274. The van der Waals surface area contributed by atoms with Gasteiger partial charge in [0.15, 0.2) is 0 Å². The van der Waals surface area contributed by atoms with Crippen LogP contribution in [0.1, 0.15) is 97.7 Å². The van der Waals surface area contributed by atoms with Crippen molar-refractivity contribution in [3.8, 4) is 11.3 Å². The average molecular weight is 530 g/mol. The van der Waals surface area contributed by atoms with Gasteiger partial charge in [-0.3, -0.25) is 9.44 Å². The molecule has 1 aromatic heterocycles. The van der Waals surface area contributed by atoms with Gasteiger partial charge < -0.3 is 9.67 Å². The van der Waals surface area contributed by atoms with E-state index < -0.39 is 5.60 Å². The first-order chi connectivity index (χ1) is 16.8. The molecule has 0 unspecified atom stereocenters.